The molecular weight excluding hydrogens is 294 g/mol. The third kappa shape index (κ3) is 3.89. The van der Waals surface area contributed by atoms with Gasteiger partial charge < -0.3 is 9.73 Å². The Labute approximate surface area is 114 Å². The van der Waals surface area contributed by atoms with Gasteiger partial charge in [0.25, 0.3) is 0 Å². The lowest BCUT2D eigenvalue weighted by Gasteiger charge is -1.98. The van der Waals surface area contributed by atoms with Crippen LogP contribution in [0, 0.1) is 0 Å². The second-order valence-corrected chi connectivity index (χ2v) is 4.60. The van der Waals surface area contributed by atoms with E-state index < -0.39 is 0 Å². The van der Waals surface area contributed by atoms with Crippen LogP contribution in [-0.4, -0.2) is 5.91 Å². The number of hydrogen-bond acceptors (Lipinski definition) is 2. The summed E-state index contributed by atoms with van der Waals surface area (Å²) in [7, 11) is 0. The van der Waals surface area contributed by atoms with E-state index in [-0.39, 0.29) is 5.91 Å². The molecule has 0 aliphatic rings. The minimum Gasteiger partial charge on any atom is -0.467 e. The molecule has 0 radical (unpaired) electrons. The summed E-state index contributed by atoms with van der Waals surface area (Å²) in [5.74, 6) is 0.592. The van der Waals surface area contributed by atoms with Crippen LogP contribution in [0.5, 0.6) is 0 Å². The first-order valence-corrected chi connectivity index (χ1v) is 6.27. The molecule has 1 aromatic heterocycles. The molecule has 1 heterocycles. The highest BCUT2D eigenvalue weighted by Gasteiger charge is 1.98. The largest absolute Gasteiger partial charge is 0.467 e. The maximum absolute atomic E-state index is 11.5. The smallest absolute Gasteiger partial charge is 0.244 e. The van der Waals surface area contributed by atoms with Gasteiger partial charge in [0.05, 0.1) is 12.8 Å². The minimum atomic E-state index is -0.144. The summed E-state index contributed by atoms with van der Waals surface area (Å²) < 4.78 is 6.13. The van der Waals surface area contributed by atoms with E-state index in [1.54, 1.807) is 18.4 Å². The van der Waals surface area contributed by atoms with Crippen molar-refractivity contribution in [2.24, 2.45) is 0 Å². The molecule has 4 heteroatoms. The van der Waals surface area contributed by atoms with Gasteiger partial charge in [0, 0.05) is 10.5 Å². The van der Waals surface area contributed by atoms with Crippen molar-refractivity contribution >= 4 is 27.9 Å². The molecule has 18 heavy (non-hydrogen) atoms. The molecule has 1 aromatic carbocycles. The lowest BCUT2D eigenvalue weighted by atomic mass is 10.2. The van der Waals surface area contributed by atoms with Gasteiger partial charge in [-0.25, -0.2) is 0 Å². The molecule has 0 aliphatic heterocycles. The van der Waals surface area contributed by atoms with E-state index >= 15 is 0 Å². The standard InChI is InChI=1S/C14H12BrNO2/c15-12-6-3-11(4-7-12)5-8-14(17)16-10-13-2-1-9-18-13/h1-9H,10H2,(H,16,17). The molecule has 0 saturated heterocycles. The highest BCUT2D eigenvalue weighted by molar-refractivity contribution is 9.10. The third-order valence-corrected chi connectivity index (χ3v) is 2.84. The van der Waals surface area contributed by atoms with Gasteiger partial charge in [-0.05, 0) is 35.9 Å². The molecule has 0 aliphatic carbocycles. The van der Waals surface area contributed by atoms with Crippen LogP contribution in [0.15, 0.2) is 57.6 Å². The first-order chi connectivity index (χ1) is 8.74. The fraction of sp³-hybridized carbons (Fsp3) is 0.0714. The fourth-order valence-corrected chi connectivity index (χ4v) is 1.66. The quantitative estimate of drug-likeness (QED) is 0.880. The summed E-state index contributed by atoms with van der Waals surface area (Å²) in [5, 5.41) is 2.74. The van der Waals surface area contributed by atoms with E-state index in [9.17, 15) is 4.79 Å². The van der Waals surface area contributed by atoms with Crippen LogP contribution < -0.4 is 5.32 Å². The molecule has 1 N–H and O–H groups in total. The van der Waals surface area contributed by atoms with Gasteiger partial charge in [-0.3, -0.25) is 4.79 Å². The Bertz CT molecular complexity index is 529. The lowest BCUT2D eigenvalue weighted by molar-refractivity contribution is -0.116. The van der Waals surface area contributed by atoms with Crippen molar-refractivity contribution < 1.29 is 9.21 Å². The molecule has 92 valence electrons. The number of carbonyl (C=O) groups excluding carboxylic acids is 1. The molecule has 1 amide bonds. The van der Waals surface area contributed by atoms with Crippen molar-refractivity contribution in [1.29, 1.82) is 0 Å². The molecule has 0 fully saturated rings. The van der Waals surface area contributed by atoms with Gasteiger partial charge in [-0.15, -0.1) is 0 Å². The Hall–Kier alpha value is -1.81. The van der Waals surface area contributed by atoms with Crippen LogP contribution in [0.1, 0.15) is 11.3 Å². The average Bonchev–Trinajstić information content (AvgIpc) is 2.89. The number of hydrogen-bond donors (Lipinski definition) is 1. The Morgan fingerprint density at radius 1 is 1.28 bits per heavy atom. The van der Waals surface area contributed by atoms with Crippen molar-refractivity contribution in [3.8, 4) is 0 Å². The first-order valence-electron chi connectivity index (χ1n) is 5.48. The maximum atomic E-state index is 11.5. The predicted molar refractivity (Wildman–Crippen MR) is 73.7 cm³/mol. The van der Waals surface area contributed by atoms with E-state index in [1.165, 1.54) is 6.08 Å². The average molecular weight is 306 g/mol. The summed E-state index contributed by atoms with van der Waals surface area (Å²) in [5.41, 5.74) is 0.978. The second kappa shape index (κ2) is 6.21. The molecule has 0 unspecified atom stereocenters. The van der Waals surface area contributed by atoms with E-state index in [1.807, 2.05) is 30.3 Å². The van der Waals surface area contributed by atoms with Crippen molar-refractivity contribution in [2.45, 2.75) is 6.54 Å². The number of benzene rings is 1. The van der Waals surface area contributed by atoms with Crippen molar-refractivity contribution in [1.82, 2.24) is 5.32 Å². The number of amides is 1. The number of nitrogens with one attached hydrogen (secondary N) is 1. The van der Waals surface area contributed by atoms with E-state index in [0.29, 0.717) is 6.54 Å². The van der Waals surface area contributed by atoms with E-state index in [2.05, 4.69) is 21.2 Å². The number of furan rings is 1. The van der Waals surface area contributed by atoms with Crippen molar-refractivity contribution in [2.75, 3.05) is 0 Å². The number of carbonyl (C=O) groups is 1. The molecule has 0 bridgehead atoms. The van der Waals surface area contributed by atoms with Crippen LogP contribution in [0.2, 0.25) is 0 Å². The zero-order chi connectivity index (χ0) is 12.8. The molecule has 0 saturated carbocycles. The van der Waals surface area contributed by atoms with Crippen LogP contribution in [0.4, 0.5) is 0 Å². The zero-order valence-electron chi connectivity index (χ0n) is 9.60. The highest BCUT2D eigenvalue weighted by atomic mass is 79.9. The highest BCUT2D eigenvalue weighted by Crippen LogP contribution is 2.11. The SMILES string of the molecule is O=C(C=Cc1ccc(Br)cc1)NCc1ccco1. The Kier molecular flexibility index (Phi) is 4.36. The number of halogens is 1. The second-order valence-electron chi connectivity index (χ2n) is 3.68. The van der Waals surface area contributed by atoms with Crippen LogP contribution >= 0.6 is 15.9 Å². The molecule has 0 atom stereocenters. The summed E-state index contributed by atoms with van der Waals surface area (Å²) in [6.45, 7) is 0.399. The van der Waals surface area contributed by atoms with E-state index in [0.717, 1.165) is 15.8 Å². The minimum absolute atomic E-state index is 0.144. The Balaban J connectivity index is 1.85. The zero-order valence-corrected chi connectivity index (χ0v) is 11.2. The van der Waals surface area contributed by atoms with Crippen LogP contribution in [0.25, 0.3) is 6.08 Å². The van der Waals surface area contributed by atoms with E-state index in [4.69, 9.17) is 4.42 Å². The van der Waals surface area contributed by atoms with Gasteiger partial charge in [0.2, 0.25) is 5.91 Å². The van der Waals surface area contributed by atoms with Gasteiger partial charge in [-0.1, -0.05) is 28.1 Å². The molecule has 2 rings (SSSR count). The molecular formula is C14H12BrNO2. The summed E-state index contributed by atoms with van der Waals surface area (Å²) >= 11 is 3.36. The van der Waals surface area contributed by atoms with Crippen LogP contribution in [0.3, 0.4) is 0 Å². The van der Waals surface area contributed by atoms with Gasteiger partial charge >= 0.3 is 0 Å². The molecule has 2 aromatic rings. The third-order valence-electron chi connectivity index (χ3n) is 2.31. The monoisotopic (exact) mass is 305 g/mol. The van der Waals surface area contributed by atoms with Gasteiger partial charge in [0.1, 0.15) is 5.76 Å². The maximum Gasteiger partial charge on any atom is 0.244 e. The van der Waals surface area contributed by atoms with Crippen LogP contribution in [-0.2, 0) is 11.3 Å². The van der Waals surface area contributed by atoms with Gasteiger partial charge in [-0.2, -0.15) is 0 Å². The van der Waals surface area contributed by atoms with Crippen molar-refractivity contribution in [3.05, 3.63) is 64.5 Å². The summed E-state index contributed by atoms with van der Waals surface area (Å²) in [4.78, 5) is 11.5. The molecule has 0 spiro atoms. The lowest BCUT2D eigenvalue weighted by Crippen LogP contribution is -2.19. The predicted octanol–water partition coefficient (Wildman–Crippen LogP) is 3.37. The normalized spacial score (nSPS) is 10.7. The summed E-state index contributed by atoms with van der Waals surface area (Å²) in [6.07, 6.45) is 4.86. The topological polar surface area (TPSA) is 42.2 Å². The molecule has 3 nitrogen and oxygen atoms in total. The Morgan fingerprint density at radius 3 is 2.72 bits per heavy atom. The Morgan fingerprint density at radius 2 is 2.06 bits per heavy atom. The number of rotatable bonds is 4. The van der Waals surface area contributed by atoms with Gasteiger partial charge in [0.15, 0.2) is 0 Å². The van der Waals surface area contributed by atoms with Crippen molar-refractivity contribution in [3.63, 3.8) is 0 Å². The summed E-state index contributed by atoms with van der Waals surface area (Å²) in [6, 6.07) is 11.3. The fourth-order valence-electron chi connectivity index (χ4n) is 1.39. The first kappa shape index (κ1) is 12.6.